The van der Waals surface area contributed by atoms with Gasteiger partial charge in [0.2, 0.25) is 0 Å². The standard InChI is InChI=1S/C16H18F2N2S/c1-10-5-7-16(19,8-6-10)15-20-13(9-21-15)11-3-2-4-12(17)14(11)18/h2-4,9-10H,5-8,19H2,1H3. The SMILES string of the molecule is CC1CCC(N)(c2nc(-c3cccc(F)c3F)cs2)CC1. The average molecular weight is 308 g/mol. The van der Waals surface area contributed by atoms with Crippen LogP contribution in [-0.2, 0) is 5.54 Å². The summed E-state index contributed by atoms with van der Waals surface area (Å²) in [5, 5.41) is 2.59. The maximum absolute atomic E-state index is 13.8. The molecule has 0 atom stereocenters. The van der Waals surface area contributed by atoms with Crippen LogP contribution in [0.2, 0.25) is 0 Å². The van der Waals surface area contributed by atoms with E-state index >= 15 is 0 Å². The Labute approximate surface area is 127 Å². The van der Waals surface area contributed by atoms with Crippen LogP contribution in [0.3, 0.4) is 0 Å². The van der Waals surface area contributed by atoms with Gasteiger partial charge in [0, 0.05) is 10.9 Å². The molecule has 0 spiro atoms. The normalized spacial score (nSPS) is 26.0. The van der Waals surface area contributed by atoms with Crippen molar-refractivity contribution in [1.29, 1.82) is 0 Å². The van der Waals surface area contributed by atoms with Crippen molar-refractivity contribution in [3.05, 3.63) is 40.2 Å². The fourth-order valence-corrected chi connectivity index (χ4v) is 3.81. The minimum absolute atomic E-state index is 0.199. The van der Waals surface area contributed by atoms with Crippen molar-refractivity contribution in [1.82, 2.24) is 4.98 Å². The molecule has 1 aliphatic carbocycles. The molecule has 0 radical (unpaired) electrons. The Kier molecular flexibility index (Phi) is 3.80. The summed E-state index contributed by atoms with van der Waals surface area (Å²) >= 11 is 1.44. The Bertz CT molecular complexity index is 645. The first-order chi connectivity index (χ1) is 9.99. The highest BCUT2D eigenvalue weighted by atomic mass is 32.1. The van der Waals surface area contributed by atoms with Gasteiger partial charge in [0.15, 0.2) is 11.6 Å². The van der Waals surface area contributed by atoms with Crippen LogP contribution in [0, 0.1) is 17.6 Å². The summed E-state index contributed by atoms with van der Waals surface area (Å²) in [4.78, 5) is 4.49. The molecule has 0 unspecified atom stereocenters. The summed E-state index contributed by atoms with van der Waals surface area (Å²) in [5.41, 5.74) is 6.73. The molecule has 0 bridgehead atoms. The molecule has 112 valence electrons. The number of hydrogen-bond donors (Lipinski definition) is 1. The molecule has 2 aromatic rings. The highest BCUT2D eigenvalue weighted by Crippen LogP contribution is 2.39. The average Bonchev–Trinajstić information content (AvgIpc) is 2.96. The topological polar surface area (TPSA) is 38.9 Å². The van der Waals surface area contributed by atoms with Crippen LogP contribution in [0.25, 0.3) is 11.3 Å². The van der Waals surface area contributed by atoms with Crippen molar-refractivity contribution in [3.8, 4) is 11.3 Å². The van der Waals surface area contributed by atoms with E-state index in [1.807, 2.05) is 0 Å². The molecule has 1 heterocycles. The van der Waals surface area contributed by atoms with Gasteiger partial charge < -0.3 is 5.73 Å². The first-order valence-corrected chi connectivity index (χ1v) is 8.07. The number of aromatic nitrogens is 1. The van der Waals surface area contributed by atoms with Gasteiger partial charge in [-0.2, -0.15) is 0 Å². The Balaban J connectivity index is 1.92. The van der Waals surface area contributed by atoms with Gasteiger partial charge in [-0.05, 0) is 43.7 Å². The summed E-state index contributed by atoms with van der Waals surface area (Å²) in [6, 6.07) is 4.15. The second-order valence-electron chi connectivity index (χ2n) is 5.98. The monoisotopic (exact) mass is 308 g/mol. The molecule has 0 aliphatic heterocycles. The lowest BCUT2D eigenvalue weighted by atomic mass is 9.78. The van der Waals surface area contributed by atoms with Crippen LogP contribution in [0.1, 0.15) is 37.6 Å². The van der Waals surface area contributed by atoms with E-state index < -0.39 is 17.2 Å². The van der Waals surface area contributed by atoms with Crippen molar-refractivity contribution < 1.29 is 8.78 Å². The summed E-state index contributed by atoms with van der Waals surface area (Å²) in [7, 11) is 0. The molecule has 1 aliphatic rings. The highest BCUT2D eigenvalue weighted by molar-refractivity contribution is 7.10. The third-order valence-electron chi connectivity index (χ3n) is 4.32. The van der Waals surface area contributed by atoms with E-state index in [9.17, 15) is 8.78 Å². The van der Waals surface area contributed by atoms with E-state index in [1.165, 1.54) is 17.4 Å². The Morgan fingerprint density at radius 2 is 2.00 bits per heavy atom. The first kappa shape index (κ1) is 14.6. The van der Waals surface area contributed by atoms with E-state index in [0.717, 1.165) is 36.8 Å². The van der Waals surface area contributed by atoms with E-state index in [0.29, 0.717) is 11.6 Å². The number of thiazole rings is 1. The molecule has 1 saturated carbocycles. The van der Waals surface area contributed by atoms with Crippen LogP contribution in [0.15, 0.2) is 23.6 Å². The number of hydrogen-bond acceptors (Lipinski definition) is 3. The zero-order valence-corrected chi connectivity index (χ0v) is 12.7. The fraction of sp³-hybridized carbons (Fsp3) is 0.438. The summed E-state index contributed by atoms with van der Waals surface area (Å²) in [5.74, 6) is -1.00. The molecule has 1 aromatic carbocycles. The molecule has 0 amide bonds. The van der Waals surface area contributed by atoms with Gasteiger partial charge >= 0.3 is 0 Å². The van der Waals surface area contributed by atoms with E-state index in [1.54, 1.807) is 11.4 Å². The van der Waals surface area contributed by atoms with Crippen LogP contribution >= 0.6 is 11.3 Å². The quantitative estimate of drug-likeness (QED) is 0.890. The van der Waals surface area contributed by atoms with Crippen molar-refractivity contribution in [2.45, 2.75) is 38.1 Å². The van der Waals surface area contributed by atoms with Crippen molar-refractivity contribution in [3.63, 3.8) is 0 Å². The first-order valence-electron chi connectivity index (χ1n) is 7.19. The zero-order chi connectivity index (χ0) is 15.0. The van der Waals surface area contributed by atoms with Crippen molar-refractivity contribution in [2.75, 3.05) is 0 Å². The Hall–Kier alpha value is -1.33. The molecule has 21 heavy (non-hydrogen) atoms. The predicted octanol–water partition coefficient (Wildman–Crippen LogP) is 4.45. The Morgan fingerprint density at radius 3 is 2.71 bits per heavy atom. The Morgan fingerprint density at radius 1 is 1.29 bits per heavy atom. The molecule has 1 fully saturated rings. The maximum Gasteiger partial charge on any atom is 0.168 e. The molecule has 3 rings (SSSR count). The van der Waals surface area contributed by atoms with Crippen LogP contribution < -0.4 is 5.73 Å². The highest BCUT2D eigenvalue weighted by Gasteiger charge is 2.34. The minimum Gasteiger partial charge on any atom is -0.319 e. The minimum atomic E-state index is -0.851. The van der Waals surface area contributed by atoms with Gasteiger partial charge in [0.05, 0.1) is 11.2 Å². The van der Waals surface area contributed by atoms with Gasteiger partial charge in [0.1, 0.15) is 5.01 Å². The molecule has 2 N–H and O–H groups in total. The molecular weight excluding hydrogens is 290 g/mol. The van der Waals surface area contributed by atoms with Gasteiger partial charge in [-0.25, -0.2) is 13.8 Å². The van der Waals surface area contributed by atoms with Crippen LogP contribution in [0.5, 0.6) is 0 Å². The van der Waals surface area contributed by atoms with Crippen LogP contribution in [-0.4, -0.2) is 4.98 Å². The maximum atomic E-state index is 13.8. The van der Waals surface area contributed by atoms with Crippen molar-refractivity contribution >= 4 is 11.3 Å². The number of rotatable bonds is 2. The second kappa shape index (κ2) is 5.46. The molecule has 0 saturated heterocycles. The lowest BCUT2D eigenvalue weighted by Crippen LogP contribution is -2.40. The van der Waals surface area contributed by atoms with E-state index in [-0.39, 0.29) is 5.56 Å². The lowest BCUT2D eigenvalue weighted by molar-refractivity contribution is 0.247. The number of nitrogens with zero attached hydrogens (tertiary/aromatic N) is 1. The smallest absolute Gasteiger partial charge is 0.168 e. The number of nitrogens with two attached hydrogens (primary N) is 1. The van der Waals surface area contributed by atoms with Gasteiger partial charge in [0.25, 0.3) is 0 Å². The lowest BCUT2D eigenvalue weighted by Gasteiger charge is -2.34. The predicted molar refractivity (Wildman–Crippen MR) is 81.0 cm³/mol. The van der Waals surface area contributed by atoms with Gasteiger partial charge in [-0.1, -0.05) is 13.0 Å². The van der Waals surface area contributed by atoms with Gasteiger partial charge in [-0.15, -0.1) is 11.3 Å². The number of benzene rings is 1. The van der Waals surface area contributed by atoms with E-state index in [2.05, 4.69) is 11.9 Å². The molecule has 1 aromatic heterocycles. The molecular formula is C16H18F2N2S. The molecule has 5 heteroatoms. The second-order valence-corrected chi connectivity index (χ2v) is 6.84. The van der Waals surface area contributed by atoms with E-state index in [4.69, 9.17) is 5.73 Å². The summed E-state index contributed by atoms with van der Waals surface area (Å²) < 4.78 is 27.2. The zero-order valence-electron chi connectivity index (χ0n) is 11.9. The van der Waals surface area contributed by atoms with Crippen molar-refractivity contribution in [2.24, 2.45) is 11.7 Å². The third-order valence-corrected chi connectivity index (χ3v) is 5.39. The number of halogens is 2. The fourth-order valence-electron chi connectivity index (χ4n) is 2.82. The largest absolute Gasteiger partial charge is 0.319 e. The third kappa shape index (κ3) is 2.72. The van der Waals surface area contributed by atoms with Gasteiger partial charge in [-0.3, -0.25) is 0 Å². The summed E-state index contributed by atoms with van der Waals surface area (Å²) in [6.45, 7) is 2.23. The molecule has 2 nitrogen and oxygen atoms in total. The summed E-state index contributed by atoms with van der Waals surface area (Å²) in [6.07, 6.45) is 3.96. The van der Waals surface area contributed by atoms with Crippen LogP contribution in [0.4, 0.5) is 8.78 Å².